The smallest absolute Gasteiger partial charge is 0.270 e. The third-order valence-electron chi connectivity index (χ3n) is 4.58. The lowest BCUT2D eigenvalue weighted by Crippen LogP contribution is -2.36. The molecule has 1 aliphatic rings. The van der Waals surface area contributed by atoms with Gasteiger partial charge in [-0.05, 0) is 43.9 Å². The van der Waals surface area contributed by atoms with Crippen LogP contribution in [0.25, 0.3) is 0 Å². The van der Waals surface area contributed by atoms with Gasteiger partial charge in [0.2, 0.25) is 0 Å². The van der Waals surface area contributed by atoms with Gasteiger partial charge in [-0.15, -0.1) is 0 Å². The summed E-state index contributed by atoms with van der Waals surface area (Å²) in [5.41, 5.74) is 0.993. The van der Waals surface area contributed by atoms with Crippen molar-refractivity contribution in [2.45, 2.75) is 32.7 Å². The predicted molar refractivity (Wildman–Crippen MR) is 89.7 cm³/mol. The van der Waals surface area contributed by atoms with Crippen LogP contribution in [0.3, 0.4) is 0 Å². The molecule has 1 aromatic carbocycles. The second-order valence-corrected chi connectivity index (χ2v) is 6.36. The second kappa shape index (κ2) is 6.36. The van der Waals surface area contributed by atoms with E-state index in [4.69, 9.17) is 4.42 Å². The maximum Gasteiger partial charge on any atom is 0.270 e. The first kappa shape index (κ1) is 16.1. The molecule has 6 nitrogen and oxygen atoms in total. The Balaban J connectivity index is 2.02. The molecule has 124 valence electrons. The third kappa shape index (κ3) is 2.98. The van der Waals surface area contributed by atoms with Crippen molar-refractivity contribution in [2.24, 2.45) is 5.92 Å². The first-order chi connectivity index (χ1) is 11.5. The summed E-state index contributed by atoms with van der Waals surface area (Å²) in [4.78, 5) is 12.6. The summed E-state index contributed by atoms with van der Waals surface area (Å²) in [6.07, 6.45) is 1.94. The number of non-ortho nitro benzene ring substituents is 1. The van der Waals surface area contributed by atoms with E-state index < -0.39 is 4.92 Å². The molecule has 3 rings (SSSR count). The van der Waals surface area contributed by atoms with Crippen LogP contribution in [0.2, 0.25) is 0 Å². The van der Waals surface area contributed by atoms with Crippen LogP contribution in [0.5, 0.6) is 0 Å². The van der Waals surface area contributed by atoms with Crippen LogP contribution in [-0.2, 0) is 0 Å². The van der Waals surface area contributed by atoms with Crippen molar-refractivity contribution in [3.8, 4) is 6.07 Å². The monoisotopic (exact) mass is 325 g/mol. The normalized spacial score (nSPS) is 20.6. The minimum Gasteiger partial charge on any atom is -0.464 e. The minimum absolute atomic E-state index is 0.0380. The minimum atomic E-state index is -0.476. The molecule has 2 atom stereocenters. The van der Waals surface area contributed by atoms with Gasteiger partial charge in [0.05, 0.1) is 22.2 Å². The first-order valence-corrected chi connectivity index (χ1v) is 8.01. The predicted octanol–water partition coefficient (Wildman–Crippen LogP) is 4.35. The summed E-state index contributed by atoms with van der Waals surface area (Å²) >= 11 is 0. The summed E-state index contributed by atoms with van der Waals surface area (Å²) in [6.45, 7) is 4.91. The Morgan fingerprint density at radius 1 is 1.38 bits per heavy atom. The van der Waals surface area contributed by atoms with Crippen LogP contribution >= 0.6 is 0 Å². The average Bonchev–Trinajstić information content (AvgIpc) is 3.00. The van der Waals surface area contributed by atoms with E-state index in [9.17, 15) is 15.4 Å². The van der Waals surface area contributed by atoms with Crippen molar-refractivity contribution >= 4 is 11.4 Å². The van der Waals surface area contributed by atoms with E-state index in [1.165, 1.54) is 12.1 Å². The number of rotatable bonds is 3. The maximum atomic E-state index is 11.0. The molecule has 0 N–H and O–H groups in total. The number of anilines is 1. The van der Waals surface area contributed by atoms with Gasteiger partial charge in [-0.25, -0.2) is 0 Å². The Bertz CT molecular complexity index is 806. The Morgan fingerprint density at radius 2 is 2.17 bits per heavy atom. The van der Waals surface area contributed by atoms with Crippen molar-refractivity contribution in [1.82, 2.24) is 0 Å². The van der Waals surface area contributed by atoms with E-state index in [2.05, 4.69) is 17.9 Å². The molecule has 1 fully saturated rings. The van der Waals surface area contributed by atoms with Gasteiger partial charge in [-0.2, -0.15) is 5.26 Å². The SMILES string of the molecule is Cc1ccc(C2CC(C)CCN2c2ccc([N+](=O)[O-])cc2C#N)o1. The van der Waals surface area contributed by atoms with Gasteiger partial charge in [0.1, 0.15) is 17.6 Å². The van der Waals surface area contributed by atoms with E-state index in [-0.39, 0.29) is 11.7 Å². The molecule has 0 radical (unpaired) electrons. The van der Waals surface area contributed by atoms with Gasteiger partial charge in [0.15, 0.2) is 0 Å². The number of hydrogen-bond donors (Lipinski definition) is 0. The molecule has 2 heterocycles. The van der Waals surface area contributed by atoms with E-state index in [1.54, 1.807) is 6.07 Å². The molecule has 6 heteroatoms. The Kier molecular flexibility index (Phi) is 4.26. The maximum absolute atomic E-state index is 11.0. The van der Waals surface area contributed by atoms with Gasteiger partial charge in [0.25, 0.3) is 5.69 Å². The molecule has 2 aromatic rings. The molecule has 2 unspecified atom stereocenters. The number of nitro benzene ring substituents is 1. The second-order valence-electron chi connectivity index (χ2n) is 6.36. The largest absolute Gasteiger partial charge is 0.464 e. The van der Waals surface area contributed by atoms with Crippen LogP contribution < -0.4 is 4.90 Å². The van der Waals surface area contributed by atoms with Crippen molar-refractivity contribution < 1.29 is 9.34 Å². The lowest BCUT2D eigenvalue weighted by atomic mass is 9.90. The molecule has 1 aliphatic heterocycles. The lowest BCUT2D eigenvalue weighted by molar-refractivity contribution is -0.384. The molecular formula is C18H19N3O3. The van der Waals surface area contributed by atoms with E-state index in [0.29, 0.717) is 11.5 Å². The van der Waals surface area contributed by atoms with Gasteiger partial charge >= 0.3 is 0 Å². The van der Waals surface area contributed by atoms with Crippen LogP contribution in [0.15, 0.2) is 34.7 Å². The number of hydrogen-bond acceptors (Lipinski definition) is 5. The highest BCUT2D eigenvalue weighted by atomic mass is 16.6. The fraction of sp³-hybridized carbons (Fsp3) is 0.389. The molecule has 1 saturated heterocycles. The molecule has 0 spiro atoms. The van der Waals surface area contributed by atoms with Gasteiger partial charge in [0, 0.05) is 18.7 Å². The fourth-order valence-electron chi connectivity index (χ4n) is 3.31. The molecule has 0 bridgehead atoms. The van der Waals surface area contributed by atoms with Crippen LogP contribution in [0.4, 0.5) is 11.4 Å². The molecule has 0 saturated carbocycles. The van der Waals surface area contributed by atoms with E-state index in [0.717, 1.165) is 36.6 Å². The zero-order valence-corrected chi connectivity index (χ0v) is 13.7. The first-order valence-electron chi connectivity index (χ1n) is 8.01. The summed E-state index contributed by atoms with van der Waals surface area (Å²) < 4.78 is 5.83. The molecule has 0 aliphatic carbocycles. The Morgan fingerprint density at radius 3 is 2.79 bits per heavy atom. The van der Waals surface area contributed by atoms with Gasteiger partial charge in [-0.1, -0.05) is 6.92 Å². The van der Waals surface area contributed by atoms with Gasteiger partial charge in [-0.3, -0.25) is 10.1 Å². The Labute approximate surface area is 140 Å². The molecule has 0 amide bonds. The van der Waals surface area contributed by atoms with Crippen molar-refractivity contribution in [3.05, 3.63) is 57.5 Å². The highest BCUT2D eigenvalue weighted by molar-refractivity contribution is 5.64. The Hall–Kier alpha value is -2.81. The topological polar surface area (TPSA) is 83.3 Å². The average molecular weight is 325 g/mol. The fourth-order valence-corrected chi connectivity index (χ4v) is 3.31. The quantitative estimate of drug-likeness (QED) is 0.619. The summed E-state index contributed by atoms with van der Waals surface area (Å²) in [6, 6.07) is 10.5. The standard InChI is InChI=1S/C18H19N3O3/c1-12-7-8-20(17(9-12)18-6-3-13(2)24-18)16-5-4-15(21(22)23)10-14(16)11-19/h3-6,10,12,17H,7-9H2,1-2H3. The third-order valence-corrected chi connectivity index (χ3v) is 4.58. The zero-order chi connectivity index (χ0) is 17.3. The summed E-state index contributed by atoms with van der Waals surface area (Å²) in [5, 5.41) is 20.4. The van der Waals surface area contributed by atoms with E-state index in [1.807, 2.05) is 19.1 Å². The van der Waals surface area contributed by atoms with Crippen LogP contribution in [0, 0.1) is 34.3 Å². The summed E-state index contributed by atoms with van der Waals surface area (Å²) in [5.74, 6) is 2.29. The molecule has 1 aromatic heterocycles. The van der Waals surface area contributed by atoms with Crippen molar-refractivity contribution in [1.29, 1.82) is 5.26 Å². The highest BCUT2D eigenvalue weighted by Crippen LogP contribution is 2.39. The number of benzene rings is 1. The van der Waals surface area contributed by atoms with Crippen molar-refractivity contribution in [3.63, 3.8) is 0 Å². The number of nitrogens with zero attached hydrogens (tertiary/aromatic N) is 3. The van der Waals surface area contributed by atoms with Crippen molar-refractivity contribution in [2.75, 3.05) is 11.4 Å². The lowest BCUT2D eigenvalue weighted by Gasteiger charge is -2.39. The number of nitriles is 1. The summed E-state index contributed by atoms with van der Waals surface area (Å²) in [7, 11) is 0. The van der Waals surface area contributed by atoms with Crippen LogP contribution in [-0.4, -0.2) is 11.5 Å². The number of furan rings is 1. The molecular weight excluding hydrogens is 306 g/mol. The number of aryl methyl sites for hydroxylation is 1. The van der Waals surface area contributed by atoms with Gasteiger partial charge < -0.3 is 9.32 Å². The molecule has 24 heavy (non-hydrogen) atoms. The van der Waals surface area contributed by atoms with E-state index >= 15 is 0 Å². The number of nitro groups is 1. The zero-order valence-electron chi connectivity index (χ0n) is 13.7. The highest BCUT2D eigenvalue weighted by Gasteiger charge is 2.31. The van der Waals surface area contributed by atoms with Crippen LogP contribution in [0.1, 0.15) is 42.9 Å². The number of piperidine rings is 1.